The van der Waals surface area contributed by atoms with Gasteiger partial charge in [0, 0.05) is 29.2 Å². The molecular formula is C14H17BrN2OS. The van der Waals surface area contributed by atoms with Gasteiger partial charge in [-0.2, -0.15) is 0 Å². The number of ether oxygens (including phenoxy) is 1. The summed E-state index contributed by atoms with van der Waals surface area (Å²) >= 11 is 5.30. The lowest BCUT2D eigenvalue weighted by atomic mass is 10.1. The predicted molar refractivity (Wildman–Crippen MR) is 82.7 cm³/mol. The maximum atomic E-state index is 5.11. The van der Waals surface area contributed by atoms with Crippen molar-refractivity contribution < 1.29 is 4.74 Å². The molecule has 2 rings (SSSR count). The van der Waals surface area contributed by atoms with E-state index in [0.717, 1.165) is 21.7 Å². The quantitative estimate of drug-likeness (QED) is 0.816. The number of rotatable bonds is 6. The fourth-order valence-corrected chi connectivity index (χ4v) is 3.25. The summed E-state index contributed by atoms with van der Waals surface area (Å²) in [5, 5.41) is 6.66. The van der Waals surface area contributed by atoms with Crippen LogP contribution in [0.3, 0.4) is 0 Å². The van der Waals surface area contributed by atoms with E-state index in [1.807, 2.05) is 19.1 Å². The molecule has 1 atom stereocenters. The zero-order chi connectivity index (χ0) is 13.7. The number of nitrogens with zero attached hydrogens (tertiary/aromatic N) is 1. The van der Waals surface area contributed by atoms with Crippen LogP contribution in [-0.2, 0) is 4.74 Å². The van der Waals surface area contributed by atoms with Gasteiger partial charge in [0.25, 0.3) is 0 Å². The molecule has 102 valence electrons. The standard InChI is InChI=1S/C14H17BrN2OS/c1-10-9-19-14(17-10)13(16-7-8-18-2)11-5-3-4-6-12(11)15/h3-6,9,13,16H,7-8H2,1-2H3. The summed E-state index contributed by atoms with van der Waals surface area (Å²) in [5.74, 6) is 0. The molecule has 3 nitrogen and oxygen atoms in total. The summed E-state index contributed by atoms with van der Waals surface area (Å²) in [4.78, 5) is 4.60. The average Bonchev–Trinajstić information content (AvgIpc) is 2.83. The summed E-state index contributed by atoms with van der Waals surface area (Å²) in [6.07, 6.45) is 0. The van der Waals surface area contributed by atoms with Crippen LogP contribution in [-0.4, -0.2) is 25.2 Å². The Bertz CT molecular complexity index is 530. The molecule has 0 radical (unpaired) electrons. The van der Waals surface area contributed by atoms with Crippen LogP contribution < -0.4 is 5.32 Å². The van der Waals surface area contributed by atoms with Gasteiger partial charge in [0.1, 0.15) is 5.01 Å². The van der Waals surface area contributed by atoms with E-state index in [-0.39, 0.29) is 6.04 Å². The number of aromatic nitrogens is 1. The summed E-state index contributed by atoms with van der Waals surface area (Å²) in [6.45, 7) is 3.50. The van der Waals surface area contributed by atoms with Crippen LogP contribution in [0.15, 0.2) is 34.1 Å². The monoisotopic (exact) mass is 340 g/mol. The molecule has 19 heavy (non-hydrogen) atoms. The van der Waals surface area contributed by atoms with Gasteiger partial charge in [-0.05, 0) is 18.6 Å². The van der Waals surface area contributed by atoms with Crippen LogP contribution in [0.2, 0.25) is 0 Å². The van der Waals surface area contributed by atoms with Crippen LogP contribution >= 0.6 is 27.3 Å². The first kappa shape index (κ1) is 14.7. The number of hydrogen-bond donors (Lipinski definition) is 1. The molecule has 1 unspecified atom stereocenters. The number of aryl methyl sites for hydroxylation is 1. The van der Waals surface area contributed by atoms with E-state index in [9.17, 15) is 0 Å². The van der Waals surface area contributed by atoms with Gasteiger partial charge in [-0.3, -0.25) is 0 Å². The first-order valence-corrected chi connectivity index (χ1v) is 7.78. The number of methoxy groups -OCH3 is 1. The zero-order valence-corrected chi connectivity index (χ0v) is 13.4. The van der Waals surface area contributed by atoms with Crippen LogP contribution in [0.25, 0.3) is 0 Å². The highest BCUT2D eigenvalue weighted by Crippen LogP contribution is 2.30. The van der Waals surface area contributed by atoms with E-state index < -0.39 is 0 Å². The van der Waals surface area contributed by atoms with E-state index >= 15 is 0 Å². The lowest BCUT2D eigenvalue weighted by Crippen LogP contribution is -2.26. The van der Waals surface area contributed by atoms with Gasteiger partial charge in [0.05, 0.1) is 12.6 Å². The number of thiazole rings is 1. The molecule has 0 saturated carbocycles. The van der Waals surface area contributed by atoms with Gasteiger partial charge < -0.3 is 10.1 Å². The van der Waals surface area contributed by atoms with Gasteiger partial charge >= 0.3 is 0 Å². The van der Waals surface area contributed by atoms with Gasteiger partial charge in [-0.25, -0.2) is 4.98 Å². The van der Waals surface area contributed by atoms with Crippen molar-refractivity contribution in [1.29, 1.82) is 0 Å². The van der Waals surface area contributed by atoms with E-state index in [0.29, 0.717) is 6.61 Å². The number of hydrogen-bond acceptors (Lipinski definition) is 4. The molecular weight excluding hydrogens is 324 g/mol. The van der Waals surface area contributed by atoms with Gasteiger partial charge in [-0.1, -0.05) is 34.1 Å². The fourth-order valence-electron chi connectivity index (χ4n) is 1.85. The smallest absolute Gasteiger partial charge is 0.114 e. The van der Waals surface area contributed by atoms with Gasteiger partial charge in [0.15, 0.2) is 0 Å². The Morgan fingerprint density at radius 2 is 2.21 bits per heavy atom. The van der Waals surface area contributed by atoms with Gasteiger partial charge in [0.2, 0.25) is 0 Å². The molecule has 1 heterocycles. The minimum atomic E-state index is 0.101. The molecule has 1 N–H and O–H groups in total. The highest BCUT2D eigenvalue weighted by molar-refractivity contribution is 9.10. The molecule has 0 saturated heterocycles. The molecule has 0 amide bonds. The van der Waals surface area contributed by atoms with Crippen LogP contribution in [0.1, 0.15) is 22.3 Å². The molecule has 0 aliphatic heterocycles. The third kappa shape index (κ3) is 3.86. The van der Waals surface area contributed by atoms with Crippen molar-refractivity contribution >= 4 is 27.3 Å². The van der Waals surface area contributed by atoms with Crippen molar-refractivity contribution in [3.63, 3.8) is 0 Å². The molecule has 1 aromatic carbocycles. The van der Waals surface area contributed by atoms with E-state index in [1.54, 1.807) is 18.4 Å². The Labute approximate surface area is 126 Å². The maximum Gasteiger partial charge on any atom is 0.114 e. The highest BCUT2D eigenvalue weighted by Gasteiger charge is 2.18. The Kier molecular flexibility index (Phi) is 5.51. The highest BCUT2D eigenvalue weighted by atomic mass is 79.9. The van der Waals surface area contributed by atoms with Crippen molar-refractivity contribution in [3.05, 3.63) is 50.4 Å². The summed E-state index contributed by atoms with van der Waals surface area (Å²) in [6, 6.07) is 8.34. The maximum absolute atomic E-state index is 5.11. The largest absolute Gasteiger partial charge is 0.383 e. The molecule has 0 bridgehead atoms. The normalized spacial score (nSPS) is 12.6. The van der Waals surface area contributed by atoms with Gasteiger partial charge in [-0.15, -0.1) is 11.3 Å². The fraction of sp³-hybridized carbons (Fsp3) is 0.357. The molecule has 1 aromatic heterocycles. The lowest BCUT2D eigenvalue weighted by Gasteiger charge is -2.18. The Balaban J connectivity index is 2.26. The van der Waals surface area contributed by atoms with Crippen molar-refractivity contribution in [2.45, 2.75) is 13.0 Å². The topological polar surface area (TPSA) is 34.1 Å². The van der Waals surface area contributed by atoms with E-state index in [4.69, 9.17) is 4.74 Å². The summed E-state index contributed by atoms with van der Waals surface area (Å²) in [5.41, 5.74) is 2.26. The third-order valence-electron chi connectivity index (χ3n) is 2.75. The molecule has 5 heteroatoms. The molecule has 0 spiro atoms. The van der Waals surface area contributed by atoms with Crippen LogP contribution in [0.5, 0.6) is 0 Å². The minimum Gasteiger partial charge on any atom is -0.383 e. The molecule has 0 fully saturated rings. The molecule has 0 aliphatic rings. The Morgan fingerprint density at radius 1 is 1.42 bits per heavy atom. The minimum absolute atomic E-state index is 0.101. The summed E-state index contributed by atoms with van der Waals surface area (Å²) in [7, 11) is 1.71. The number of benzene rings is 1. The number of halogens is 1. The second-order valence-electron chi connectivity index (χ2n) is 4.23. The second-order valence-corrected chi connectivity index (χ2v) is 5.97. The van der Waals surface area contributed by atoms with Crippen LogP contribution in [0, 0.1) is 6.92 Å². The molecule has 0 aliphatic carbocycles. The van der Waals surface area contributed by atoms with E-state index in [1.165, 1.54) is 5.56 Å². The SMILES string of the molecule is COCCNC(c1nc(C)cs1)c1ccccc1Br. The Hall–Kier alpha value is -0.750. The first-order chi connectivity index (χ1) is 9.22. The predicted octanol–water partition coefficient (Wildman–Crippen LogP) is 3.54. The van der Waals surface area contributed by atoms with Crippen molar-refractivity contribution in [3.8, 4) is 0 Å². The average molecular weight is 341 g/mol. The first-order valence-electron chi connectivity index (χ1n) is 6.11. The summed E-state index contributed by atoms with van der Waals surface area (Å²) < 4.78 is 6.20. The van der Waals surface area contributed by atoms with Crippen molar-refractivity contribution in [1.82, 2.24) is 10.3 Å². The lowest BCUT2D eigenvalue weighted by molar-refractivity contribution is 0.197. The van der Waals surface area contributed by atoms with Crippen molar-refractivity contribution in [2.75, 3.05) is 20.3 Å². The Morgan fingerprint density at radius 3 is 2.84 bits per heavy atom. The second kappa shape index (κ2) is 7.14. The zero-order valence-electron chi connectivity index (χ0n) is 11.0. The van der Waals surface area contributed by atoms with E-state index in [2.05, 4.69) is 43.7 Å². The molecule has 2 aromatic rings. The van der Waals surface area contributed by atoms with Crippen molar-refractivity contribution in [2.24, 2.45) is 0 Å². The van der Waals surface area contributed by atoms with Crippen LogP contribution in [0.4, 0.5) is 0 Å². The number of nitrogens with one attached hydrogen (secondary N) is 1. The third-order valence-corrected chi connectivity index (χ3v) is 4.50.